The first-order valence-electron chi connectivity index (χ1n) is 11.5. The number of nitrogens with zero attached hydrogens (tertiary/aromatic N) is 2. The van der Waals surface area contributed by atoms with Crippen LogP contribution in [0.3, 0.4) is 0 Å². The molecule has 0 aliphatic carbocycles. The van der Waals surface area contributed by atoms with Crippen LogP contribution >= 0.6 is 0 Å². The van der Waals surface area contributed by atoms with Crippen molar-refractivity contribution in [1.29, 1.82) is 0 Å². The first-order valence-corrected chi connectivity index (χ1v) is 11.5. The summed E-state index contributed by atoms with van der Waals surface area (Å²) >= 11 is 0. The number of nitrogens with one attached hydrogen (secondary N) is 1. The molecule has 0 spiro atoms. The van der Waals surface area contributed by atoms with E-state index in [9.17, 15) is 9.59 Å². The molecule has 0 atom stereocenters. The van der Waals surface area contributed by atoms with E-state index in [-0.39, 0.29) is 18.5 Å². The van der Waals surface area contributed by atoms with Gasteiger partial charge >= 0.3 is 6.03 Å². The number of benzene rings is 2. The molecule has 0 aliphatic heterocycles. The SMILES string of the molecule is CCc1cccc(NC(=O)N(CCOC)CC(=O)N(Cc2ccccc2)Cc2ccc(C)o2)c1. The summed E-state index contributed by atoms with van der Waals surface area (Å²) in [7, 11) is 1.57. The van der Waals surface area contributed by atoms with Gasteiger partial charge in [-0.15, -0.1) is 0 Å². The Morgan fingerprint density at radius 1 is 0.941 bits per heavy atom. The van der Waals surface area contributed by atoms with E-state index in [4.69, 9.17) is 9.15 Å². The number of furan rings is 1. The molecule has 0 saturated heterocycles. The van der Waals surface area contributed by atoms with Gasteiger partial charge in [0.25, 0.3) is 0 Å². The molecule has 0 unspecified atom stereocenters. The van der Waals surface area contributed by atoms with Crippen molar-refractivity contribution in [3.05, 3.63) is 89.4 Å². The van der Waals surface area contributed by atoms with Gasteiger partial charge in [-0.05, 0) is 48.7 Å². The van der Waals surface area contributed by atoms with E-state index in [1.165, 1.54) is 4.90 Å². The zero-order valence-corrected chi connectivity index (χ0v) is 20.1. The lowest BCUT2D eigenvalue weighted by Gasteiger charge is -2.27. The van der Waals surface area contributed by atoms with Gasteiger partial charge in [-0.2, -0.15) is 0 Å². The third-order valence-electron chi connectivity index (χ3n) is 5.48. The monoisotopic (exact) mass is 463 g/mol. The molecule has 3 aromatic rings. The van der Waals surface area contributed by atoms with Gasteiger partial charge in [0.2, 0.25) is 5.91 Å². The van der Waals surface area contributed by atoms with Crippen molar-refractivity contribution in [2.24, 2.45) is 0 Å². The number of ether oxygens (including phenoxy) is 1. The molecule has 0 radical (unpaired) electrons. The van der Waals surface area contributed by atoms with Crippen molar-refractivity contribution < 1.29 is 18.7 Å². The fourth-order valence-corrected chi connectivity index (χ4v) is 3.58. The highest BCUT2D eigenvalue weighted by Crippen LogP contribution is 2.15. The minimum atomic E-state index is -0.341. The number of amides is 3. The third kappa shape index (κ3) is 7.49. The van der Waals surface area contributed by atoms with Crippen LogP contribution in [0.2, 0.25) is 0 Å². The number of anilines is 1. The van der Waals surface area contributed by atoms with Crippen LogP contribution in [0.4, 0.5) is 10.5 Å². The molecular formula is C27H33N3O4. The van der Waals surface area contributed by atoms with E-state index in [0.717, 1.165) is 23.3 Å². The van der Waals surface area contributed by atoms with Gasteiger partial charge in [-0.25, -0.2) is 4.79 Å². The Kier molecular flexibility index (Phi) is 9.29. The van der Waals surface area contributed by atoms with Crippen LogP contribution in [0, 0.1) is 6.92 Å². The Hall–Kier alpha value is -3.58. The summed E-state index contributed by atoms with van der Waals surface area (Å²) < 4.78 is 10.9. The van der Waals surface area contributed by atoms with E-state index in [1.807, 2.05) is 73.7 Å². The van der Waals surface area contributed by atoms with Crippen LogP contribution < -0.4 is 5.32 Å². The molecule has 0 bridgehead atoms. The molecule has 34 heavy (non-hydrogen) atoms. The quantitative estimate of drug-likeness (QED) is 0.441. The molecule has 7 nitrogen and oxygen atoms in total. The molecular weight excluding hydrogens is 430 g/mol. The smallest absolute Gasteiger partial charge is 0.322 e. The summed E-state index contributed by atoms with van der Waals surface area (Å²) in [6.07, 6.45) is 0.871. The molecule has 2 aromatic carbocycles. The Morgan fingerprint density at radius 3 is 2.38 bits per heavy atom. The van der Waals surface area contributed by atoms with Crippen LogP contribution in [-0.4, -0.2) is 48.5 Å². The predicted octanol–water partition coefficient (Wildman–Crippen LogP) is 4.86. The lowest BCUT2D eigenvalue weighted by atomic mass is 10.1. The Bertz CT molecular complexity index is 1060. The summed E-state index contributed by atoms with van der Waals surface area (Å²) in [6, 6.07) is 20.9. The van der Waals surface area contributed by atoms with Crippen molar-refractivity contribution in [1.82, 2.24) is 9.80 Å². The molecule has 180 valence electrons. The maximum absolute atomic E-state index is 13.4. The maximum atomic E-state index is 13.4. The number of hydrogen-bond acceptors (Lipinski definition) is 4. The Balaban J connectivity index is 1.75. The number of aryl methyl sites for hydroxylation is 2. The minimum absolute atomic E-state index is 0.0742. The third-order valence-corrected chi connectivity index (χ3v) is 5.48. The van der Waals surface area contributed by atoms with Crippen LogP contribution in [0.25, 0.3) is 0 Å². The zero-order chi connectivity index (χ0) is 24.3. The number of hydrogen-bond donors (Lipinski definition) is 1. The molecule has 1 aromatic heterocycles. The normalized spacial score (nSPS) is 10.7. The van der Waals surface area contributed by atoms with E-state index < -0.39 is 0 Å². The van der Waals surface area contributed by atoms with Gasteiger partial charge in [0.15, 0.2) is 0 Å². The number of methoxy groups -OCH3 is 1. The number of urea groups is 1. The summed E-state index contributed by atoms with van der Waals surface area (Å²) in [6.45, 7) is 5.21. The van der Waals surface area contributed by atoms with E-state index in [2.05, 4.69) is 12.2 Å². The molecule has 0 aliphatic rings. The maximum Gasteiger partial charge on any atom is 0.322 e. The fraction of sp³-hybridized carbons (Fsp3) is 0.333. The van der Waals surface area contributed by atoms with Crippen LogP contribution in [-0.2, 0) is 29.0 Å². The standard InChI is InChI=1S/C27H33N3O4/c1-4-22-11-8-12-24(17-22)28-27(32)29(15-16-33-3)20-26(31)30(18-23-9-6-5-7-10-23)19-25-14-13-21(2)34-25/h5-14,17H,4,15-16,18-20H2,1-3H3,(H,28,32). The molecule has 1 N–H and O–H groups in total. The Morgan fingerprint density at radius 2 is 1.71 bits per heavy atom. The molecule has 0 fully saturated rings. The van der Waals surface area contributed by atoms with Gasteiger partial charge in [0.1, 0.15) is 18.1 Å². The van der Waals surface area contributed by atoms with Crippen LogP contribution in [0.5, 0.6) is 0 Å². The van der Waals surface area contributed by atoms with Crippen molar-refractivity contribution in [2.45, 2.75) is 33.4 Å². The largest absolute Gasteiger partial charge is 0.464 e. The zero-order valence-electron chi connectivity index (χ0n) is 20.1. The van der Waals surface area contributed by atoms with Crippen LogP contribution in [0.1, 0.15) is 29.6 Å². The highest BCUT2D eigenvalue weighted by molar-refractivity contribution is 5.92. The molecule has 0 saturated carbocycles. The lowest BCUT2D eigenvalue weighted by Crippen LogP contribution is -2.45. The predicted molar refractivity (Wildman–Crippen MR) is 132 cm³/mol. The van der Waals surface area contributed by atoms with Gasteiger partial charge in [0, 0.05) is 25.9 Å². The van der Waals surface area contributed by atoms with Crippen molar-refractivity contribution in [3.63, 3.8) is 0 Å². The molecule has 3 amide bonds. The van der Waals surface area contributed by atoms with Crippen molar-refractivity contribution >= 4 is 17.6 Å². The number of carbonyl (C=O) groups is 2. The number of carbonyl (C=O) groups excluding carboxylic acids is 2. The topological polar surface area (TPSA) is 75.0 Å². The first kappa shape index (κ1) is 25.1. The molecule has 7 heteroatoms. The van der Waals surface area contributed by atoms with Crippen molar-refractivity contribution in [3.8, 4) is 0 Å². The van der Waals surface area contributed by atoms with Gasteiger partial charge < -0.3 is 24.3 Å². The molecule has 3 rings (SSSR count). The van der Waals surface area contributed by atoms with Gasteiger partial charge in [-0.1, -0.05) is 49.4 Å². The van der Waals surface area contributed by atoms with Crippen LogP contribution in [0.15, 0.2) is 71.1 Å². The van der Waals surface area contributed by atoms with Gasteiger partial charge in [0.05, 0.1) is 13.2 Å². The minimum Gasteiger partial charge on any atom is -0.464 e. The lowest BCUT2D eigenvalue weighted by molar-refractivity contribution is -0.133. The second-order valence-corrected chi connectivity index (χ2v) is 8.15. The number of rotatable bonds is 11. The highest BCUT2D eigenvalue weighted by atomic mass is 16.5. The summed E-state index contributed by atoms with van der Waals surface area (Å²) in [4.78, 5) is 29.7. The second-order valence-electron chi connectivity index (χ2n) is 8.15. The Labute approximate surface area is 201 Å². The average molecular weight is 464 g/mol. The van der Waals surface area contributed by atoms with E-state index in [0.29, 0.717) is 37.7 Å². The highest BCUT2D eigenvalue weighted by Gasteiger charge is 2.23. The average Bonchev–Trinajstić information content (AvgIpc) is 3.26. The second kappa shape index (κ2) is 12.6. The summed E-state index contributed by atoms with van der Waals surface area (Å²) in [5.41, 5.74) is 2.83. The molecule has 1 heterocycles. The fourth-order valence-electron chi connectivity index (χ4n) is 3.58. The van der Waals surface area contributed by atoms with E-state index >= 15 is 0 Å². The van der Waals surface area contributed by atoms with Gasteiger partial charge in [-0.3, -0.25) is 4.79 Å². The summed E-state index contributed by atoms with van der Waals surface area (Å²) in [5.74, 6) is 1.31. The van der Waals surface area contributed by atoms with Crippen molar-refractivity contribution in [2.75, 3.05) is 32.1 Å². The first-order chi connectivity index (χ1) is 16.5. The van der Waals surface area contributed by atoms with E-state index in [1.54, 1.807) is 12.0 Å². The summed E-state index contributed by atoms with van der Waals surface area (Å²) in [5, 5.41) is 2.91.